The van der Waals surface area contributed by atoms with Gasteiger partial charge in [0.25, 0.3) is 0 Å². The summed E-state index contributed by atoms with van der Waals surface area (Å²) in [6, 6.07) is 14.1. The number of ether oxygens (including phenoxy) is 1. The maximum absolute atomic E-state index is 12.6. The van der Waals surface area contributed by atoms with Crippen molar-refractivity contribution in [1.29, 1.82) is 0 Å². The first kappa shape index (κ1) is 31.3. The molecule has 4 atom stereocenters. The number of amides is 1. The number of hydrogen-bond donors (Lipinski definition) is 1. The van der Waals surface area contributed by atoms with E-state index in [4.69, 9.17) is 32.9 Å². The Balaban J connectivity index is 2.03. The van der Waals surface area contributed by atoms with Gasteiger partial charge in [-0.1, -0.05) is 47.5 Å². The van der Waals surface area contributed by atoms with E-state index in [1.165, 1.54) is 12.0 Å². The lowest BCUT2D eigenvalue weighted by Gasteiger charge is -2.48. The zero-order valence-electron chi connectivity index (χ0n) is 24.1. The van der Waals surface area contributed by atoms with Crippen LogP contribution in [0.5, 0.6) is 0 Å². The highest BCUT2D eigenvalue weighted by atomic mass is 35.5. The van der Waals surface area contributed by atoms with Crippen LogP contribution in [0, 0.1) is 5.41 Å². The first-order chi connectivity index (χ1) is 20.0. The second kappa shape index (κ2) is 12.3. The fourth-order valence-corrected chi connectivity index (χ4v) is 6.25. The zero-order chi connectivity index (χ0) is 30.8. The zero-order valence-corrected chi connectivity index (χ0v) is 25.6. The minimum atomic E-state index is -1.44. The van der Waals surface area contributed by atoms with Crippen LogP contribution in [0.2, 0.25) is 10.0 Å². The van der Waals surface area contributed by atoms with E-state index in [-0.39, 0.29) is 30.6 Å². The van der Waals surface area contributed by atoms with Crippen molar-refractivity contribution in [2.75, 3.05) is 34.3 Å². The number of hydrogen-bond acceptors (Lipinski definition) is 8. The van der Waals surface area contributed by atoms with Crippen LogP contribution >= 0.6 is 23.2 Å². The predicted octanol–water partition coefficient (Wildman–Crippen LogP) is 4.99. The number of aliphatic hydroxyl groups is 1. The molecule has 1 amide bonds. The lowest BCUT2D eigenvalue weighted by atomic mass is 9.72. The number of carbonyl (C=O) groups excluding carboxylic acids is 3. The van der Waals surface area contributed by atoms with E-state index in [1.54, 1.807) is 56.1 Å². The summed E-state index contributed by atoms with van der Waals surface area (Å²) in [5, 5.41) is 13.0. The number of rotatable bonds is 11. The molecule has 0 fully saturated rings. The van der Waals surface area contributed by atoms with Crippen LogP contribution in [0.4, 0.5) is 0 Å². The molecule has 2 aromatic rings. The molecule has 1 heterocycles. The Hall–Kier alpha value is -3.66. The van der Waals surface area contributed by atoms with Gasteiger partial charge in [0.2, 0.25) is 6.41 Å². The molecule has 42 heavy (non-hydrogen) atoms. The van der Waals surface area contributed by atoms with Gasteiger partial charge in [-0.3, -0.25) is 9.79 Å². The number of aliphatic imine (C=N–C) groups is 1. The van der Waals surface area contributed by atoms with Crippen molar-refractivity contribution in [3.8, 4) is 0 Å². The van der Waals surface area contributed by atoms with Crippen molar-refractivity contribution in [2.45, 2.75) is 31.5 Å². The average molecular weight is 614 g/mol. The van der Waals surface area contributed by atoms with E-state index >= 15 is 0 Å². The van der Waals surface area contributed by atoms with Crippen LogP contribution in [-0.4, -0.2) is 84.5 Å². The molecule has 1 aliphatic heterocycles. The standard InChI is InChI=1S/C31H34Cl2N4O5/c1-30(42-5)18-24(41)31(2,28(37(19-40)15-17-39)27(30)35(3)14-16-38)29-34-25(20-6-10-22(32)11-7-20)26(36(29)4)21-8-12-23(33)13-9-21/h6-13,16-19,25-26,41H,14-15H2,1-5H3. The van der Waals surface area contributed by atoms with Gasteiger partial charge in [-0.25, -0.2) is 0 Å². The van der Waals surface area contributed by atoms with E-state index in [2.05, 4.69) is 0 Å². The quantitative estimate of drug-likeness (QED) is 0.357. The van der Waals surface area contributed by atoms with Crippen LogP contribution in [0.3, 0.4) is 0 Å². The largest absolute Gasteiger partial charge is 0.511 e. The van der Waals surface area contributed by atoms with Crippen molar-refractivity contribution in [2.24, 2.45) is 10.4 Å². The summed E-state index contributed by atoms with van der Waals surface area (Å²) in [4.78, 5) is 46.1. The van der Waals surface area contributed by atoms with Gasteiger partial charge < -0.3 is 34.1 Å². The Kier molecular flexibility index (Phi) is 9.15. The first-order valence-corrected chi connectivity index (χ1v) is 14.1. The van der Waals surface area contributed by atoms with Crippen LogP contribution in [0.1, 0.15) is 37.1 Å². The summed E-state index contributed by atoms with van der Waals surface area (Å²) in [7, 11) is 5.03. The van der Waals surface area contributed by atoms with Gasteiger partial charge in [-0.2, -0.15) is 0 Å². The topological polar surface area (TPSA) is 103 Å². The van der Waals surface area contributed by atoms with Gasteiger partial charge in [0.05, 0.1) is 30.5 Å². The van der Waals surface area contributed by atoms with Crippen molar-refractivity contribution in [1.82, 2.24) is 14.7 Å². The maximum atomic E-state index is 12.6. The van der Waals surface area contributed by atoms with E-state index < -0.39 is 17.1 Å². The third-order valence-corrected chi connectivity index (χ3v) is 8.62. The smallest absolute Gasteiger partial charge is 0.214 e. The summed E-state index contributed by atoms with van der Waals surface area (Å²) < 4.78 is 5.86. The number of amidine groups is 1. The molecule has 0 spiro atoms. The molecule has 1 N–H and O–H groups in total. The van der Waals surface area contributed by atoms with E-state index in [1.807, 2.05) is 36.2 Å². The van der Waals surface area contributed by atoms with Crippen LogP contribution in [0.25, 0.3) is 0 Å². The predicted molar refractivity (Wildman–Crippen MR) is 162 cm³/mol. The molecule has 4 rings (SSSR count). The lowest BCUT2D eigenvalue weighted by Crippen LogP contribution is -2.54. The molecule has 11 heteroatoms. The number of nitrogens with zero attached hydrogens (tertiary/aromatic N) is 4. The third kappa shape index (κ3) is 5.32. The highest BCUT2D eigenvalue weighted by Gasteiger charge is 2.55. The summed E-state index contributed by atoms with van der Waals surface area (Å²) in [5.74, 6) is 0.319. The minimum absolute atomic E-state index is 0.0284. The third-order valence-electron chi connectivity index (χ3n) is 8.11. The summed E-state index contributed by atoms with van der Waals surface area (Å²) in [5.41, 5.74) is -0.168. The molecular formula is C31H34Cl2N4O5. The lowest BCUT2D eigenvalue weighted by molar-refractivity contribution is -0.121. The van der Waals surface area contributed by atoms with E-state index in [0.717, 1.165) is 17.4 Å². The maximum Gasteiger partial charge on any atom is 0.214 e. The Morgan fingerprint density at radius 1 is 0.952 bits per heavy atom. The molecule has 4 unspecified atom stereocenters. The summed E-state index contributed by atoms with van der Waals surface area (Å²) in [6.07, 6.45) is 3.42. The number of halogens is 2. The Labute approximate surface area is 255 Å². The van der Waals surface area contributed by atoms with Crippen molar-refractivity contribution >= 4 is 48.0 Å². The SMILES string of the molecule is COC1(C)C=C(O)C(C)(C2=NC(c3ccc(Cl)cc3)C(c3ccc(Cl)cc3)N2C)C(N(C=O)CC=O)=C1N(C)CC=O. The second-order valence-electron chi connectivity index (χ2n) is 10.7. The van der Waals surface area contributed by atoms with Crippen LogP contribution in [-0.2, 0) is 19.1 Å². The van der Waals surface area contributed by atoms with Gasteiger partial charge in [-0.05, 0) is 55.3 Å². The summed E-state index contributed by atoms with van der Waals surface area (Å²) >= 11 is 12.4. The molecule has 0 radical (unpaired) electrons. The van der Waals surface area contributed by atoms with Gasteiger partial charge in [0.1, 0.15) is 41.2 Å². The normalized spacial score (nSPS) is 25.5. The molecule has 222 valence electrons. The fourth-order valence-electron chi connectivity index (χ4n) is 6.00. The van der Waals surface area contributed by atoms with Gasteiger partial charge in [0.15, 0.2) is 0 Å². The number of methoxy groups -OCH3 is 1. The summed E-state index contributed by atoms with van der Waals surface area (Å²) in [6.45, 7) is 3.14. The highest BCUT2D eigenvalue weighted by molar-refractivity contribution is 6.30. The van der Waals surface area contributed by atoms with Crippen molar-refractivity contribution in [3.05, 3.63) is 92.9 Å². The Bertz CT molecular complexity index is 1440. The Morgan fingerprint density at radius 3 is 2.00 bits per heavy atom. The first-order valence-electron chi connectivity index (χ1n) is 13.3. The van der Waals surface area contributed by atoms with Crippen molar-refractivity contribution < 1.29 is 24.2 Å². The monoisotopic (exact) mass is 612 g/mol. The number of aldehydes is 2. The average Bonchev–Trinajstić information content (AvgIpc) is 3.32. The second-order valence-corrected chi connectivity index (χ2v) is 11.6. The van der Waals surface area contributed by atoms with Crippen LogP contribution < -0.4 is 0 Å². The molecule has 0 saturated heterocycles. The van der Waals surface area contributed by atoms with Crippen molar-refractivity contribution in [3.63, 3.8) is 0 Å². The minimum Gasteiger partial charge on any atom is -0.511 e. The highest BCUT2D eigenvalue weighted by Crippen LogP contribution is 2.53. The van der Waals surface area contributed by atoms with E-state index in [0.29, 0.717) is 34.3 Å². The molecule has 0 saturated carbocycles. The van der Waals surface area contributed by atoms with Gasteiger partial charge >= 0.3 is 0 Å². The molecule has 9 nitrogen and oxygen atoms in total. The number of carbonyl (C=O) groups is 3. The van der Waals surface area contributed by atoms with Gasteiger partial charge in [0, 0.05) is 31.3 Å². The molecule has 0 aromatic heterocycles. The fraction of sp³-hybridized carbons (Fsp3) is 0.355. The number of benzene rings is 2. The van der Waals surface area contributed by atoms with E-state index in [9.17, 15) is 19.5 Å². The number of aliphatic hydroxyl groups excluding tert-OH is 1. The molecule has 2 aliphatic rings. The van der Waals surface area contributed by atoms with Gasteiger partial charge in [-0.15, -0.1) is 0 Å². The van der Waals surface area contributed by atoms with Crippen LogP contribution in [0.15, 0.2) is 76.8 Å². The molecule has 2 aromatic carbocycles. The Morgan fingerprint density at radius 2 is 1.50 bits per heavy atom. The molecule has 1 aliphatic carbocycles. The number of likely N-dealkylation sites (N-methyl/N-ethyl adjacent to an activating group) is 2. The molecule has 0 bridgehead atoms. The molecular weight excluding hydrogens is 579 g/mol.